The topological polar surface area (TPSA) is 37.3 Å². The third-order valence-corrected chi connectivity index (χ3v) is 9.45. The fourth-order valence-electron chi connectivity index (χ4n) is 7.69. The van der Waals surface area contributed by atoms with Gasteiger partial charge in [-0.3, -0.25) is 4.79 Å². The lowest BCUT2D eigenvalue weighted by Crippen LogP contribution is -2.44. The predicted octanol–water partition coefficient (Wildman–Crippen LogP) is 7.73. The average Bonchev–Trinajstić information content (AvgIpc) is 3.05. The molecule has 0 aromatic carbocycles. The van der Waals surface area contributed by atoms with Gasteiger partial charge in [0.05, 0.1) is 6.42 Å². The monoisotopic (exact) mass is 422 g/mol. The second-order valence-corrected chi connectivity index (χ2v) is 11.8. The van der Waals surface area contributed by atoms with Gasteiger partial charge in [0, 0.05) is 5.41 Å². The molecule has 170 valence electrons. The van der Waals surface area contributed by atoms with E-state index in [0.29, 0.717) is 11.3 Å². The first-order chi connectivity index (χ1) is 14.6. The number of allylic oxidation sites excluding steroid dienone is 7. The van der Waals surface area contributed by atoms with Crippen LogP contribution in [0.5, 0.6) is 0 Å². The first-order valence-electron chi connectivity index (χ1n) is 12.7. The SMILES string of the molecule is CC(C)CCC[C@@H](C)[C@H]1CCC2C3=CC=C4C=C(CC(=O)O)C=C[C@]4(C)C3CC[C@@]21C. The van der Waals surface area contributed by atoms with Crippen LogP contribution in [0, 0.1) is 40.4 Å². The Hall–Kier alpha value is -1.57. The molecule has 2 unspecified atom stereocenters. The zero-order chi connectivity index (χ0) is 22.4. The Morgan fingerprint density at radius 1 is 1.10 bits per heavy atom. The van der Waals surface area contributed by atoms with Crippen molar-refractivity contribution >= 4 is 5.97 Å². The van der Waals surface area contributed by atoms with Gasteiger partial charge in [0.25, 0.3) is 0 Å². The van der Waals surface area contributed by atoms with Gasteiger partial charge in [-0.05, 0) is 71.8 Å². The van der Waals surface area contributed by atoms with Gasteiger partial charge in [-0.1, -0.05) is 89.8 Å². The minimum absolute atomic E-state index is 0.0222. The van der Waals surface area contributed by atoms with Crippen LogP contribution in [0.2, 0.25) is 0 Å². The van der Waals surface area contributed by atoms with Crippen molar-refractivity contribution in [2.24, 2.45) is 40.4 Å². The van der Waals surface area contributed by atoms with Crippen molar-refractivity contribution in [2.75, 3.05) is 0 Å². The number of aliphatic carboxylic acids is 1. The fraction of sp³-hybridized carbons (Fsp3) is 0.690. The molecule has 4 aliphatic rings. The molecule has 2 saturated carbocycles. The highest BCUT2D eigenvalue weighted by Crippen LogP contribution is 2.65. The van der Waals surface area contributed by atoms with Gasteiger partial charge in [-0.25, -0.2) is 0 Å². The molecular weight excluding hydrogens is 380 g/mol. The second kappa shape index (κ2) is 8.41. The van der Waals surface area contributed by atoms with E-state index in [1.54, 1.807) is 5.57 Å². The molecule has 0 radical (unpaired) electrons. The Bertz CT molecular complexity index is 841. The molecule has 0 amide bonds. The van der Waals surface area contributed by atoms with Crippen LogP contribution >= 0.6 is 0 Å². The maximum atomic E-state index is 11.2. The molecule has 4 aliphatic carbocycles. The summed E-state index contributed by atoms with van der Waals surface area (Å²) in [7, 11) is 0. The van der Waals surface area contributed by atoms with Crippen molar-refractivity contribution < 1.29 is 9.90 Å². The van der Waals surface area contributed by atoms with Crippen LogP contribution in [-0.2, 0) is 4.79 Å². The van der Waals surface area contributed by atoms with Gasteiger partial charge in [-0.2, -0.15) is 0 Å². The zero-order valence-electron chi connectivity index (χ0n) is 20.3. The lowest BCUT2D eigenvalue weighted by Gasteiger charge is -2.53. The number of carbonyl (C=O) groups is 1. The quantitative estimate of drug-likeness (QED) is 0.455. The summed E-state index contributed by atoms with van der Waals surface area (Å²) in [4.78, 5) is 11.2. The summed E-state index contributed by atoms with van der Waals surface area (Å²) < 4.78 is 0. The number of fused-ring (bicyclic) bond motifs is 5. The van der Waals surface area contributed by atoms with Crippen molar-refractivity contribution in [3.8, 4) is 0 Å². The lowest BCUT2D eigenvalue weighted by atomic mass is 9.51. The molecule has 0 spiro atoms. The van der Waals surface area contributed by atoms with Crippen LogP contribution in [0.15, 0.2) is 47.1 Å². The van der Waals surface area contributed by atoms with E-state index < -0.39 is 5.97 Å². The third-order valence-electron chi connectivity index (χ3n) is 9.45. The zero-order valence-corrected chi connectivity index (χ0v) is 20.3. The Kier molecular flexibility index (Phi) is 6.14. The highest BCUT2D eigenvalue weighted by Gasteiger charge is 2.56. The first kappa shape index (κ1) is 22.6. The lowest BCUT2D eigenvalue weighted by molar-refractivity contribution is -0.136. The Balaban J connectivity index is 1.55. The van der Waals surface area contributed by atoms with Gasteiger partial charge >= 0.3 is 5.97 Å². The molecule has 31 heavy (non-hydrogen) atoms. The minimum Gasteiger partial charge on any atom is -0.481 e. The van der Waals surface area contributed by atoms with Crippen LogP contribution in [-0.4, -0.2) is 11.1 Å². The normalized spacial score (nSPS) is 37.4. The smallest absolute Gasteiger partial charge is 0.307 e. The number of hydrogen-bond donors (Lipinski definition) is 1. The number of carboxylic acids is 1. The molecule has 0 aromatic heterocycles. The number of carboxylic acid groups (broad SMARTS) is 1. The van der Waals surface area contributed by atoms with Crippen molar-refractivity contribution in [3.05, 3.63) is 47.1 Å². The third kappa shape index (κ3) is 4.00. The van der Waals surface area contributed by atoms with E-state index in [4.69, 9.17) is 0 Å². The molecule has 0 bridgehead atoms. The molecule has 2 fully saturated rings. The molecular formula is C29H42O2. The second-order valence-electron chi connectivity index (χ2n) is 11.8. The molecule has 6 atom stereocenters. The highest BCUT2D eigenvalue weighted by atomic mass is 16.4. The van der Waals surface area contributed by atoms with E-state index >= 15 is 0 Å². The first-order valence-corrected chi connectivity index (χ1v) is 12.7. The van der Waals surface area contributed by atoms with Crippen molar-refractivity contribution in [2.45, 2.75) is 86.0 Å². The Morgan fingerprint density at radius 2 is 1.87 bits per heavy atom. The molecule has 0 aromatic rings. The summed E-state index contributed by atoms with van der Waals surface area (Å²) in [6.07, 6.45) is 20.8. The van der Waals surface area contributed by atoms with Crippen LogP contribution < -0.4 is 0 Å². The minimum atomic E-state index is -0.750. The number of rotatable bonds is 7. The van der Waals surface area contributed by atoms with E-state index in [1.165, 1.54) is 50.5 Å². The van der Waals surface area contributed by atoms with Crippen LogP contribution in [0.4, 0.5) is 0 Å². The van der Waals surface area contributed by atoms with Gasteiger partial charge in [0.1, 0.15) is 0 Å². The van der Waals surface area contributed by atoms with Crippen LogP contribution in [0.1, 0.15) is 86.0 Å². The summed E-state index contributed by atoms with van der Waals surface area (Å²) in [5.41, 5.74) is 4.39. The van der Waals surface area contributed by atoms with Crippen molar-refractivity contribution in [3.63, 3.8) is 0 Å². The summed E-state index contributed by atoms with van der Waals surface area (Å²) in [6.45, 7) is 12.2. The summed E-state index contributed by atoms with van der Waals surface area (Å²) >= 11 is 0. The fourth-order valence-corrected chi connectivity index (χ4v) is 7.69. The summed E-state index contributed by atoms with van der Waals surface area (Å²) in [5.74, 6) is 3.04. The van der Waals surface area contributed by atoms with Gasteiger partial charge < -0.3 is 5.11 Å². The maximum absolute atomic E-state index is 11.2. The van der Waals surface area contributed by atoms with E-state index in [0.717, 1.165) is 29.2 Å². The average molecular weight is 423 g/mol. The summed E-state index contributed by atoms with van der Waals surface area (Å²) in [5, 5.41) is 9.19. The van der Waals surface area contributed by atoms with Crippen molar-refractivity contribution in [1.29, 1.82) is 0 Å². The highest BCUT2D eigenvalue weighted by molar-refractivity contribution is 5.72. The molecule has 2 heteroatoms. The molecule has 0 aliphatic heterocycles. The van der Waals surface area contributed by atoms with Crippen molar-refractivity contribution in [1.82, 2.24) is 0 Å². The van der Waals surface area contributed by atoms with Gasteiger partial charge in [-0.15, -0.1) is 0 Å². The Morgan fingerprint density at radius 3 is 2.58 bits per heavy atom. The molecule has 1 N–H and O–H groups in total. The molecule has 4 rings (SSSR count). The van der Waals surface area contributed by atoms with Crippen LogP contribution in [0.25, 0.3) is 0 Å². The predicted molar refractivity (Wildman–Crippen MR) is 129 cm³/mol. The van der Waals surface area contributed by atoms with E-state index in [1.807, 2.05) is 0 Å². The largest absolute Gasteiger partial charge is 0.481 e. The summed E-state index contributed by atoms with van der Waals surface area (Å²) in [6, 6.07) is 0. The Labute approximate surface area is 189 Å². The molecule has 0 heterocycles. The maximum Gasteiger partial charge on any atom is 0.307 e. The van der Waals surface area contributed by atoms with E-state index in [-0.39, 0.29) is 11.8 Å². The van der Waals surface area contributed by atoms with E-state index in [9.17, 15) is 9.90 Å². The number of hydrogen-bond acceptors (Lipinski definition) is 1. The van der Waals surface area contributed by atoms with Gasteiger partial charge in [0.15, 0.2) is 0 Å². The standard InChI is InChI=1S/C29H42O2/c1-19(2)7-6-8-20(3)24-11-12-25-23-10-9-22-17-21(18-27(30)31)13-15-28(22,4)26(23)14-16-29(24,25)5/h9-10,13,15,17,19-20,24-26H,6-8,11-12,14,16,18H2,1-5H3,(H,30,31)/t20-,24-,25?,26?,28+,29-/m1/s1. The van der Waals surface area contributed by atoms with Crippen LogP contribution in [0.3, 0.4) is 0 Å². The van der Waals surface area contributed by atoms with E-state index in [2.05, 4.69) is 65.0 Å². The van der Waals surface area contributed by atoms with Gasteiger partial charge in [0.2, 0.25) is 0 Å². The molecule has 0 saturated heterocycles. The molecule has 2 nitrogen and oxygen atoms in total.